The van der Waals surface area contributed by atoms with Crippen molar-refractivity contribution >= 4 is 23.3 Å². The minimum atomic E-state index is -0.464. The van der Waals surface area contributed by atoms with Crippen LogP contribution in [0.2, 0.25) is 0 Å². The zero-order valence-electron chi connectivity index (χ0n) is 18.5. The lowest BCUT2D eigenvalue weighted by Crippen LogP contribution is -2.32. The maximum absolute atomic E-state index is 12.4. The third kappa shape index (κ3) is 4.36. The van der Waals surface area contributed by atoms with Gasteiger partial charge in [0.2, 0.25) is 0 Å². The van der Waals surface area contributed by atoms with Gasteiger partial charge in [0, 0.05) is 30.7 Å². The number of nitrogens with zero attached hydrogens (tertiary/aromatic N) is 6. The van der Waals surface area contributed by atoms with Crippen LogP contribution >= 0.6 is 0 Å². The number of hydrogen-bond donors (Lipinski definition) is 2. The van der Waals surface area contributed by atoms with Gasteiger partial charge in [0.1, 0.15) is 23.3 Å². The van der Waals surface area contributed by atoms with Crippen LogP contribution in [0, 0.1) is 11.3 Å². The van der Waals surface area contributed by atoms with Crippen LogP contribution in [0.1, 0.15) is 34.6 Å². The highest BCUT2D eigenvalue weighted by Crippen LogP contribution is 2.39. The van der Waals surface area contributed by atoms with Gasteiger partial charge in [-0.05, 0) is 30.5 Å². The van der Waals surface area contributed by atoms with Crippen molar-refractivity contribution in [2.75, 3.05) is 17.7 Å². The van der Waals surface area contributed by atoms with Crippen LogP contribution in [-0.4, -0.2) is 50.0 Å². The molecule has 34 heavy (non-hydrogen) atoms. The Kier molecular flexibility index (Phi) is 5.74. The zero-order valence-corrected chi connectivity index (χ0v) is 18.5. The molecule has 3 aromatic rings. The number of anilines is 3. The van der Waals surface area contributed by atoms with E-state index in [-0.39, 0.29) is 11.7 Å². The average Bonchev–Trinajstić information content (AvgIpc) is 3.45. The highest BCUT2D eigenvalue weighted by atomic mass is 16.5. The molecule has 170 valence electrons. The van der Waals surface area contributed by atoms with Crippen LogP contribution in [-0.2, 0) is 11.3 Å². The molecule has 4 heterocycles. The minimum Gasteiger partial charge on any atom is -0.465 e. The first-order chi connectivity index (χ1) is 16.6. The summed E-state index contributed by atoms with van der Waals surface area (Å²) in [5, 5.41) is 15.5. The smallest absolute Gasteiger partial charge is 0.341 e. The fourth-order valence-electron chi connectivity index (χ4n) is 4.32. The molecule has 0 spiro atoms. The molecule has 1 aliphatic carbocycles. The van der Waals surface area contributed by atoms with E-state index in [0.717, 1.165) is 25.1 Å². The number of aromatic nitrogens is 4. The summed E-state index contributed by atoms with van der Waals surface area (Å²) < 4.78 is 4.95. The molecular formula is C24H22N8O2. The Bertz CT molecular complexity index is 1270. The van der Waals surface area contributed by atoms with Gasteiger partial charge in [-0.2, -0.15) is 5.26 Å². The van der Waals surface area contributed by atoms with Crippen molar-refractivity contribution in [3.05, 3.63) is 77.8 Å². The first kappa shape index (κ1) is 21.3. The molecule has 5 rings (SSSR count). The van der Waals surface area contributed by atoms with Crippen molar-refractivity contribution in [1.82, 2.24) is 24.8 Å². The maximum atomic E-state index is 12.4. The van der Waals surface area contributed by atoms with Gasteiger partial charge in [0.25, 0.3) is 0 Å². The summed E-state index contributed by atoms with van der Waals surface area (Å²) in [5.74, 6) is 0.466. The van der Waals surface area contributed by atoms with E-state index in [4.69, 9.17) is 10.00 Å². The number of methoxy groups -OCH3 is 1. The highest BCUT2D eigenvalue weighted by molar-refractivity contribution is 5.96. The van der Waals surface area contributed by atoms with Crippen molar-refractivity contribution in [2.45, 2.75) is 31.5 Å². The van der Waals surface area contributed by atoms with Crippen molar-refractivity contribution in [3.8, 4) is 6.07 Å². The largest absolute Gasteiger partial charge is 0.465 e. The summed E-state index contributed by atoms with van der Waals surface area (Å²) >= 11 is 0. The topological polar surface area (TPSA) is 129 Å². The van der Waals surface area contributed by atoms with Crippen molar-refractivity contribution in [2.24, 2.45) is 0 Å². The molecule has 1 saturated carbocycles. The Labute approximate surface area is 196 Å². The molecule has 2 bridgehead atoms. The molecule has 2 aliphatic rings. The van der Waals surface area contributed by atoms with Crippen LogP contribution in [0.4, 0.5) is 17.3 Å². The predicted molar refractivity (Wildman–Crippen MR) is 124 cm³/mol. The van der Waals surface area contributed by atoms with E-state index in [1.165, 1.54) is 31.3 Å². The monoisotopic (exact) mass is 454 g/mol. The number of hydrogen-bond acceptors (Lipinski definition) is 10. The summed E-state index contributed by atoms with van der Waals surface area (Å²) in [6.45, 7) is 0.782. The number of ether oxygens (including phenoxy) is 1. The Balaban J connectivity index is 1.34. The van der Waals surface area contributed by atoms with Gasteiger partial charge < -0.3 is 20.3 Å². The Morgan fingerprint density at radius 2 is 2.09 bits per heavy atom. The van der Waals surface area contributed by atoms with E-state index in [2.05, 4.69) is 41.7 Å². The number of fused-ring (bicyclic) bond motifs is 2. The Morgan fingerprint density at radius 3 is 2.76 bits per heavy atom. The molecule has 1 fully saturated rings. The van der Waals surface area contributed by atoms with E-state index in [9.17, 15) is 4.79 Å². The van der Waals surface area contributed by atoms with Gasteiger partial charge >= 0.3 is 5.97 Å². The zero-order chi connectivity index (χ0) is 23.5. The normalized spacial score (nSPS) is 18.2. The molecule has 0 aromatic carbocycles. The van der Waals surface area contributed by atoms with Gasteiger partial charge in [0.15, 0.2) is 5.69 Å². The third-order valence-electron chi connectivity index (χ3n) is 5.96. The molecule has 2 N–H and O–H groups in total. The third-order valence-corrected chi connectivity index (χ3v) is 5.96. The van der Waals surface area contributed by atoms with Crippen molar-refractivity contribution < 1.29 is 9.53 Å². The first-order valence-electron chi connectivity index (χ1n) is 10.8. The second-order valence-corrected chi connectivity index (χ2v) is 8.12. The van der Waals surface area contributed by atoms with Crippen LogP contribution in [0.3, 0.4) is 0 Å². The van der Waals surface area contributed by atoms with Gasteiger partial charge in [-0.3, -0.25) is 4.98 Å². The first-order valence-corrected chi connectivity index (χ1v) is 10.8. The molecule has 10 heteroatoms. The number of esters is 1. The second kappa shape index (κ2) is 9.15. The van der Waals surface area contributed by atoms with Gasteiger partial charge in [0.05, 0.1) is 43.5 Å². The lowest BCUT2D eigenvalue weighted by Gasteiger charge is -2.29. The molecule has 0 radical (unpaired) electrons. The molecule has 0 amide bonds. The van der Waals surface area contributed by atoms with Crippen molar-refractivity contribution in [1.29, 1.82) is 5.26 Å². The summed E-state index contributed by atoms with van der Waals surface area (Å²) in [6.07, 6.45) is 10.2. The van der Waals surface area contributed by atoms with E-state index >= 15 is 0 Å². The lowest BCUT2D eigenvalue weighted by molar-refractivity contribution is 0.0601. The van der Waals surface area contributed by atoms with Crippen LogP contribution < -0.4 is 10.6 Å². The maximum Gasteiger partial charge on any atom is 0.341 e. The second-order valence-electron chi connectivity index (χ2n) is 8.12. The van der Waals surface area contributed by atoms with Crippen LogP contribution in [0.15, 0.2) is 60.8 Å². The SMILES string of the molecule is COC(=O)c1cnc(Nc2cnc(C#N)cn2)cc1NC1CC2CC1=CN2Cc1ccccn1. The lowest BCUT2D eigenvalue weighted by atomic mass is 10.1. The van der Waals surface area contributed by atoms with Crippen LogP contribution in [0.25, 0.3) is 0 Å². The average molecular weight is 454 g/mol. The fraction of sp³-hybridized carbons (Fsp3) is 0.250. The molecule has 2 unspecified atom stereocenters. The summed E-state index contributed by atoms with van der Waals surface area (Å²) in [7, 11) is 1.35. The van der Waals surface area contributed by atoms with Crippen molar-refractivity contribution in [3.63, 3.8) is 0 Å². The quantitative estimate of drug-likeness (QED) is 0.514. The summed E-state index contributed by atoms with van der Waals surface area (Å²) in [6, 6.07) is 10.1. The molecular weight excluding hydrogens is 432 g/mol. The van der Waals surface area contributed by atoms with Gasteiger partial charge in [-0.1, -0.05) is 6.07 Å². The number of nitrogens with one attached hydrogen (secondary N) is 2. The molecule has 2 atom stereocenters. The van der Waals surface area contributed by atoms with Crippen LogP contribution in [0.5, 0.6) is 0 Å². The van der Waals surface area contributed by atoms with Gasteiger partial charge in [-0.25, -0.2) is 19.7 Å². The number of rotatable bonds is 7. The summed E-state index contributed by atoms with van der Waals surface area (Å²) in [4.78, 5) is 31.6. The van der Waals surface area contributed by atoms with Gasteiger partial charge in [-0.15, -0.1) is 0 Å². The fourth-order valence-corrected chi connectivity index (χ4v) is 4.32. The number of pyridine rings is 2. The van der Waals surface area contributed by atoms with E-state index in [1.54, 1.807) is 6.07 Å². The Morgan fingerprint density at radius 1 is 1.21 bits per heavy atom. The summed E-state index contributed by atoms with van der Waals surface area (Å²) in [5.41, 5.74) is 3.54. The highest BCUT2D eigenvalue weighted by Gasteiger charge is 2.38. The molecule has 1 aliphatic heterocycles. The van der Waals surface area contributed by atoms with E-state index < -0.39 is 5.97 Å². The predicted octanol–water partition coefficient (Wildman–Crippen LogP) is 3.01. The minimum absolute atomic E-state index is 0.110. The number of carbonyl (C=O) groups excluding carboxylic acids is 1. The standard InChI is InChI=1S/C24H22N8O2/c1-34-24(33)19-11-29-22(31-23-12-27-17(9-25)10-28-23)8-21(19)30-20-7-18-6-15(20)13-32(18)14-16-4-2-3-5-26-16/h2-5,8,10-13,18,20H,6-7,14H2,1H3,(H2,28,29,30,31). The van der Waals surface area contributed by atoms with E-state index in [0.29, 0.717) is 28.9 Å². The number of carbonyl (C=O) groups is 1. The Hall–Kier alpha value is -4.52. The number of nitriles is 1. The molecule has 0 saturated heterocycles. The molecule has 10 nitrogen and oxygen atoms in total. The molecule has 3 aromatic heterocycles. The van der Waals surface area contributed by atoms with E-state index in [1.807, 2.05) is 30.5 Å².